The zero-order valence-corrected chi connectivity index (χ0v) is 14.9. The standard InChI is InChI=1S/C15H9IN2O5S/c16-13-6-5-11(23-13)7-12-14(19)17(15(20)24-12)8-9-1-3-10(4-2-9)18(21)22/h1-7H,8H2/b12-7-. The number of halogens is 1. The molecule has 0 radical (unpaired) electrons. The first-order valence-corrected chi connectivity index (χ1v) is 8.57. The van der Waals surface area contributed by atoms with Crippen LogP contribution in [-0.4, -0.2) is 21.0 Å². The summed E-state index contributed by atoms with van der Waals surface area (Å²) in [5, 5.41) is 10.3. The van der Waals surface area contributed by atoms with Gasteiger partial charge in [0.2, 0.25) is 0 Å². The van der Waals surface area contributed by atoms with Gasteiger partial charge in [0, 0.05) is 18.2 Å². The number of nitro groups is 1. The summed E-state index contributed by atoms with van der Waals surface area (Å²) in [5.41, 5.74) is 0.594. The summed E-state index contributed by atoms with van der Waals surface area (Å²) in [6.45, 7) is 0.0652. The Morgan fingerprint density at radius 3 is 2.50 bits per heavy atom. The largest absolute Gasteiger partial charge is 0.451 e. The average molecular weight is 456 g/mol. The van der Waals surface area contributed by atoms with Crippen molar-refractivity contribution in [2.24, 2.45) is 0 Å². The van der Waals surface area contributed by atoms with Crippen molar-refractivity contribution in [3.63, 3.8) is 0 Å². The number of nitro benzene ring substituents is 1. The summed E-state index contributed by atoms with van der Waals surface area (Å²) in [6, 6.07) is 9.21. The molecule has 3 rings (SSSR count). The van der Waals surface area contributed by atoms with E-state index in [1.807, 2.05) is 22.6 Å². The van der Waals surface area contributed by atoms with Crippen LogP contribution in [-0.2, 0) is 11.3 Å². The van der Waals surface area contributed by atoms with Crippen molar-refractivity contribution in [1.82, 2.24) is 4.90 Å². The first-order chi connectivity index (χ1) is 11.4. The molecular weight excluding hydrogens is 447 g/mol. The second-order valence-corrected chi connectivity index (χ2v) is 6.89. The zero-order valence-electron chi connectivity index (χ0n) is 12.0. The maximum Gasteiger partial charge on any atom is 0.293 e. The number of rotatable bonds is 4. The number of amides is 2. The van der Waals surface area contributed by atoms with Gasteiger partial charge in [-0.25, -0.2) is 0 Å². The number of thioether (sulfide) groups is 1. The van der Waals surface area contributed by atoms with E-state index < -0.39 is 10.8 Å². The Bertz CT molecular complexity index is 859. The summed E-state index contributed by atoms with van der Waals surface area (Å²) in [4.78, 5) is 36.0. The summed E-state index contributed by atoms with van der Waals surface area (Å²) in [5.74, 6) is 0.0926. The maximum atomic E-state index is 12.4. The Morgan fingerprint density at radius 2 is 1.92 bits per heavy atom. The SMILES string of the molecule is O=C1S/C(=C\c2ccc(I)o2)C(=O)N1Cc1ccc([N+](=O)[O-])cc1. The molecule has 0 saturated carbocycles. The van der Waals surface area contributed by atoms with Crippen LogP contribution in [0.15, 0.2) is 45.7 Å². The minimum Gasteiger partial charge on any atom is -0.451 e. The number of carbonyl (C=O) groups excluding carboxylic acids is 2. The molecule has 1 aliphatic rings. The van der Waals surface area contributed by atoms with E-state index in [9.17, 15) is 19.7 Å². The van der Waals surface area contributed by atoms with E-state index in [1.54, 1.807) is 12.1 Å². The minimum atomic E-state index is -0.503. The fourth-order valence-electron chi connectivity index (χ4n) is 2.08. The van der Waals surface area contributed by atoms with E-state index in [0.717, 1.165) is 16.7 Å². The van der Waals surface area contributed by atoms with Gasteiger partial charge in [-0.1, -0.05) is 12.1 Å². The number of non-ortho nitro benzene ring substituents is 1. The molecular formula is C15H9IN2O5S. The van der Waals surface area contributed by atoms with Crippen LogP contribution in [0.3, 0.4) is 0 Å². The molecule has 1 aromatic heterocycles. The van der Waals surface area contributed by atoms with E-state index in [-0.39, 0.29) is 22.4 Å². The van der Waals surface area contributed by atoms with E-state index in [4.69, 9.17) is 4.42 Å². The molecule has 0 atom stereocenters. The second kappa shape index (κ2) is 6.77. The molecule has 2 heterocycles. The lowest BCUT2D eigenvalue weighted by Gasteiger charge is -2.12. The summed E-state index contributed by atoms with van der Waals surface area (Å²) in [6.07, 6.45) is 1.53. The van der Waals surface area contributed by atoms with Gasteiger partial charge in [-0.2, -0.15) is 0 Å². The number of benzene rings is 1. The van der Waals surface area contributed by atoms with Crippen molar-refractivity contribution < 1.29 is 18.9 Å². The third-order valence-corrected chi connectivity index (χ3v) is 4.72. The highest BCUT2D eigenvalue weighted by molar-refractivity contribution is 14.1. The highest BCUT2D eigenvalue weighted by Gasteiger charge is 2.35. The molecule has 7 nitrogen and oxygen atoms in total. The average Bonchev–Trinajstić information content (AvgIpc) is 3.06. The molecule has 0 bridgehead atoms. The van der Waals surface area contributed by atoms with E-state index in [2.05, 4.69) is 0 Å². The predicted octanol–water partition coefficient (Wildman–Crippen LogP) is 4.03. The van der Waals surface area contributed by atoms with Crippen LogP contribution in [0, 0.1) is 13.9 Å². The Labute approximate surface area is 154 Å². The fraction of sp³-hybridized carbons (Fsp3) is 0.0667. The first kappa shape index (κ1) is 16.7. The monoisotopic (exact) mass is 456 g/mol. The minimum absolute atomic E-state index is 0.0415. The van der Waals surface area contributed by atoms with Crippen LogP contribution >= 0.6 is 34.4 Å². The number of imide groups is 1. The lowest BCUT2D eigenvalue weighted by molar-refractivity contribution is -0.384. The van der Waals surface area contributed by atoms with Crippen LogP contribution in [0.25, 0.3) is 6.08 Å². The van der Waals surface area contributed by atoms with Gasteiger partial charge in [0.05, 0.1) is 16.4 Å². The number of carbonyl (C=O) groups is 2. The molecule has 9 heteroatoms. The third kappa shape index (κ3) is 3.51. The van der Waals surface area contributed by atoms with Gasteiger partial charge in [0.1, 0.15) is 5.76 Å². The topological polar surface area (TPSA) is 93.7 Å². The number of furan rings is 1. The smallest absolute Gasteiger partial charge is 0.293 e. The zero-order chi connectivity index (χ0) is 17.3. The molecule has 2 amide bonds. The molecule has 1 aliphatic heterocycles. The Morgan fingerprint density at radius 1 is 1.21 bits per heavy atom. The van der Waals surface area contributed by atoms with Crippen molar-refractivity contribution >= 4 is 57.3 Å². The van der Waals surface area contributed by atoms with Crippen molar-refractivity contribution in [3.05, 3.63) is 66.5 Å². The van der Waals surface area contributed by atoms with Gasteiger partial charge < -0.3 is 4.42 Å². The molecule has 1 saturated heterocycles. The summed E-state index contributed by atoms with van der Waals surface area (Å²) in [7, 11) is 0. The number of hydrogen-bond acceptors (Lipinski definition) is 6. The Kier molecular flexibility index (Phi) is 4.71. The predicted molar refractivity (Wildman–Crippen MR) is 96.0 cm³/mol. The van der Waals surface area contributed by atoms with Crippen LogP contribution in [0.4, 0.5) is 10.5 Å². The molecule has 122 valence electrons. The first-order valence-electron chi connectivity index (χ1n) is 6.68. The lowest BCUT2D eigenvalue weighted by Crippen LogP contribution is -2.27. The molecule has 2 aromatic rings. The fourth-order valence-corrected chi connectivity index (χ4v) is 3.33. The number of nitrogens with zero attached hydrogens (tertiary/aromatic N) is 2. The summed E-state index contributed by atoms with van der Waals surface area (Å²) >= 11 is 2.85. The van der Waals surface area contributed by atoms with Gasteiger partial charge in [0.15, 0.2) is 3.77 Å². The highest BCUT2D eigenvalue weighted by Crippen LogP contribution is 2.33. The maximum absolute atomic E-state index is 12.4. The van der Waals surface area contributed by atoms with Crippen molar-refractivity contribution in [3.8, 4) is 0 Å². The lowest BCUT2D eigenvalue weighted by atomic mass is 10.2. The summed E-state index contributed by atoms with van der Waals surface area (Å²) < 4.78 is 6.05. The van der Waals surface area contributed by atoms with Gasteiger partial charge in [0.25, 0.3) is 16.8 Å². The molecule has 0 unspecified atom stereocenters. The van der Waals surface area contributed by atoms with E-state index in [0.29, 0.717) is 15.1 Å². The molecule has 24 heavy (non-hydrogen) atoms. The second-order valence-electron chi connectivity index (χ2n) is 4.83. The van der Waals surface area contributed by atoms with Crippen molar-refractivity contribution in [2.45, 2.75) is 6.54 Å². The van der Waals surface area contributed by atoms with Crippen LogP contribution in [0.1, 0.15) is 11.3 Å². The number of hydrogen-bond donors (Lipinski definition) is 0. The highest BCUT2D eigenvalue weighted by atomic mass is 127. The quantitative estimate of drug-likeness (QED) is 0.299. The van der Waals surface area contributed by atoms with Crippen LogP contribution < -0.4 is 0 Å². The third-order valence-electron chi connectivity index (χ3n) is 3.23. The van der Waals surface area contributed by atoms with E-state index in [1.165, 1.54) is 30.3 Å². The van der Waals surface area contributed by atoms with Gasteiger partial charge in [-0.05, 0) is 52.0 Å². The van der Waals surface area contributed by atoms with Crippen LogP contribution in [0.2, 0.25) is 0 Å². The van der Waals surface area contributed by atoms with Crippen LogP contribution in [0.5, 0.6) is 0 Å². The molecule has 1 aromatic carbocycles. The molecule has 0 spiro atoms. The molecule has 0 N–H and O–H groups in total. The van der Waals surface area contributed by atoms with Gasteiger partial charge in [-0.3, -0.25) is 24.6 Å². The Hall–Kier alpha value is -2.14. The van der Waals surface area contributed by atoms with Crippen molar-refractivity contribution in [1.29, 1.82) is 0 Å². The van der Waals surface area contributed by atoms with Gasteiger partial charge >= 0.3 is 0 Å². The molecule has 0 aliphatic carbocycles. The van der Waals surface area contributed by atoms with E-state index >= 15 is 0 Å². The Balaban J connectivity index is 1.77. The molecule has 1 fully saturated rings. The van der Waals surface area contributed by atoms with Gasteiger partial charge in [-0.15, -0.1) is 0 Å². The van der Waals surface area contributed by atoms with Crippen molar-refractivity contribution in [2.75, 3.05) is 0 Å². The normalized spacial score (nSPS) is 16.2.